The lowest BCUT2D eigenvalue weighted by Gasteiger charge is -2.23. The predicted octanol–water partition coefficient (Wildman–Crippen LogP) is 3.69. The molecule has 0 spiro atoms. The lowest BCUT2D eigenvalue weighted by atomic mass is 10.1. The van der Waals surface area contributed by atoms with E-state index in [9.17, 15) is 13.2 Å². The maximum absolute atomic E-state index is 13.1. The van der Waals surface area contributed by atoms with Gasteiger partial charge in [0.1, 0.15) is 0 Å². The van der Waals surface area contributed by atoms with Crippen LogP contribution >= 0.6 is 0 Å². The van der Waals surface area contributed by atoms with E-state index in [1.165, 1.54) is 0 Å². The molecule has 0 radical (unpaired) electrons. The van der Waals surface area contributed by atoms with Crippen LogP contribution in [0.1, 0.15) is 30.9 Å². The van der Waals surface area contributed by atoms with Crippen LogP contribution < -0.4 is 4.31 Å². The average molecular weight is 343 g/mol. The van der Waals surface area contributed by atoms with Crippen molar-refractivity contribution in [3.63, 3.8) is 0 Å². The molecule has 4 nitrogen and oxygen atoms in total. The van der Waals surface area contributed by atoms with Gasteiger partial charge >= 0.3 is 0 Å². The van der Waals surface area contributed by atoms with Crippen molar-refractivity contribution in [2.75, 3.05) is 4.31 Å². The number of carbonyl (C=O) groups is 1. The smallest absolute Gasteiger partial charge is 0.270 e. The quantitative estimate of drug-likeness (QED) is 0.832. The Morgan fingerprint density at radius 1 is 1.04 bits per heavy atom. The first-order valence-corrected chi connectivity index (χ1v) is 9.62. The Labute approximate surface area is 143 Å². The largest absolute Gasteiger partial charge is 0.273 e. The highest BCUT2D eigenvalue weighted by atomic mass is 32.2. The zero-order valence-corrected chi connectivity index (χ0v) is 14.7. The topological polar surface area (TPSA) is 54.5 Å². The number of sulfonamides is 1. The summed E-state index contributed by atoms with van der Waals surface area (Å²) in [5, 5.41) is 0. The molecule has 3 rings (SSSR count). The molecule has 0 unspecified atom stereocenters. The van der Waals surface area contributed by atoms with Crippen LogP contribution in [0.4, 0.5) is 5.69 Å². The molecule has 1 amide bonds. The highest BCUT2D eigenvalue weighted by molar-refractivity contribution is 7.93. The SMILES string of the molecule is CCc1ccc(N(C(=O)C2CC2)S(=O)(=O)c2ccc(C)cc2)cc1. The van der Waals surface area contributed by atoms with E-state index in [1.807, 2.05) is 26.0 Å². The van der Waals surface area contributed by atoms with Crippen LogP contribution in [0.2, 0.25) is 0 Å². The van der Waals surface area contributed by atoms with Crippen molar-refractivity contribution in [2.45, 2.75) is 38.0 Å². The fourth-order valence-electron chi connectivity index (χ4n) is 2.56. The van der Waals surface area contributed by atoms with E-state index in [-0.39, 0.29) is 16.7 Å². The summed E-state index contributed by atoms with van der Waals surface area (Å²) in [5.74, 6) is -0.518. The highest BCUT2D eigenvalue weighted by Gasteiger charge is 2.40. The summed E-state index contributed by atoms with van der Waals surface area (Å²) < 4.78 is 27.1. The van der Waals surface area contributed by atoms with Gasteiger partial charge in [-0.2, -0.15) is 0 Å². The van der Waals surface area contributed by atoms with Gasteiger partial charge in [-0.25, -0.2) is 12.7 Å². The number of amides is 1. The summed E-state index contributed by atoms with van der Waals surface area (Å²) in [6.07, 6.45) is 2.37. The lowest BCUT2D eigenvalue weighted by molar-refractivity contribution is -0.118. The fourth-order valence-corrected chi connectivity index (χ4v) is 4.04. The maximum atomic E-state index is 13.1. The predicted molar refractivity (Wildman–Crippen MR) is 94.4 cm³/mol. The maximum Gasteiger partial charge on any atom is 0.270 e. The molecule has 0 atom stereocenters. The Kier molecular flexibility index (Phi) is 4.45. The number of anilines is 1. The number of carbonyl (C=O) groups excluding carboxylic acids is 1. The van der Waals surface area contributed by atoms with E-state index >= 15 is 0 Å². The molecule has 1 aliphatic rings. The van der Waals surface area contributed by atoms with Gasteiger partial charge in [0.25, 0.3) is 10.0 Å². The number of rotatable bonds is 5. The summed E-state index contributed by atoms with van der Waals surface area (Å²) in [5.41, 5.74) is 2.48. The van der Waals surface area contributed by atoms with Gasteiger partial charge in [0.05, 0.1) is 10.6 Å². The monoisotopic (exact) mass is 343 g/mol. The summed E-state index contributed by atoms with van der Waals surface area (Å²) >= 11 is 0. The first kappa shape index (κ1) is 16.7. The van der Waals surface area contributed by atoms with Crippen LogP contribution in [0, 0.1) is 12.8 Å². The van der Waals surface area contributed by atoms with Crippen LogP contribution in [0.15, 0.2) is 53.4 Å². The van der Waals surface area contributed by atoms with Crippen molar-refractivity contribution in [3.8, 4) is 0 Å². The first-order chi connectivity index (χ1) is 11.4. The number of nitrogens with zero attached hydrogens (tertiary/aromatic N) is 1. The van der Waals surface area contributed by atoms with E-state index in [1.54, 1.807) is 36.4 Å². The zero-order valence-electron chi connectivity index (χ0n) is 13.9. The minimum absolute atomic E-state index is 0.140. The van der Waals surface area contributed by atoms with Gasteiger partial charge in [-0.1, -0.05) is 36.8 Å². The third kappa shape index (κ3) is 3.22. The second-order valence-corrected chi connectivity index (χ2v) is 8.00. The molecular weight excluding hydrogens is 322 g/mol. The summed E-state index contributed by atoms with van der Waals surface area (Å²) in [6, 6.07) is 13.8. The molecular formula is C19H21NO3S. The number of hydrogen-bond donors (Lipinski definition) is 0. The molecule has 126 valence electrons. The van der Waals surface area contributed by atoms with E-state index in [2.05, 4.69) is 0 Å². The Hall–Kier alpha value is -2.14. The van der Waals surface area contributed by atoms with E-state index in [0.717, 1.165) is 34.7 Å². The normalized spacial score (nSPS) is 14.4. The van der Waals surface area contributed by atoms with Crippen molar-refractivity contribution in [2.24, 2.45) is 5.92 Å². The van der Waals surface area contributed by atoms with Gasteiger partial charge in [0.15, 0.2) is 0 Å². The Morgan fingerprint density at radius 2 is 1.62 bits per heavy atom. The van der Waals surface area contributed by atoms with Gasteiger partial charge in [-0.15, -0.1) is 0 Å². The lowest BCUT2D eigenvalue weighted by Crippen LogP contribution is -2.38. The summed E-state index contributed by atoms with van der Waals surface area (Å²) in [6.45, 7) is 3.93. The highest BCUT2D eigenvalue weighted by Crippen LogP contribution is 2.35. The molecule has 1 aliphatic carbocycles. The van der Waals surface area contributed by atoms with Gasteiger partial charge in [-0.05, 0) is 56.0 Å². The second-order valence-electron chi connectivity index (χ2n) is 6.22. The summed E-state index contributed by atoms with van der Waals surface area (Å²) in [4.78, 5) is 12.8. The third-order valence-corrected chi connectivity index (χ3v) is 6.00. The molecule has 0 aliphatic heterocycles. The number of hydrogen-bond acceptors (Lipinski definition) is 3. The van der Waals surface area contributed by atoms with Crippen LogP contribution in [-0.4, -0.2) is 14.3 Å². The van der Waals surface area contributed by atoms with Crippen molar-refractivity contribution >= 4 is 21.6 Å². The van der Waals surface area contributed by atoms with E-state index in [4.69, 9.17) is 0 Å². The van der Waals surface area contributed by atoms with Crippen molar-refractivity contribution in [3.05, 3.63) is 59.7 Å². The fraction of sp³-hybridized carbons (Fsp3) is 0.316. The Balaban J connectivity index is 2.06. The van der Waals surface area contributed by atoms with E-state index < -0.39 is 10.0 Å². The van der Waals surface area contributed by atoms with Crippen molar-refractivity contribution < 1.29 is 13.2 Å². The molecule has 1 saturated carbocycles. The van der Waals surface area contributed by atoms with Crippen molar-refractivity contribution in [1.82, 2.24) is 0 Å². The second kappa shape index (κ2) is 6.40. The molecule has 0 aromatic heterocycles. The minimum Gasteiger partial charge on any atom is -0.273 e. The van der Waals surface area contributed by atoms with Crippen molar-refractivity contribution in [1.29, 1.82) is 0 Å². The minimum atomic E-state index is -3.91. The number of aryl methyl sites for hydroxylation is 2. The molecule has 2 aromatic rings. The standard InChI is InChI=1S/C19H21NO3S/c1-3-15-6-10-17(11-7-15)20(19(21)16-8-9-16)24(22,23)18-12-4-14(2)5-13-18/h4-7,10-13,16H,3,8-9H2,1-2H3. The van der Waals surface area contributed by atoms with Crippen LogP contribution in [0.25, 0.3) is 0 Å². The van der Waals surface area contributed by atoms with Crippen LogP contribution in [-0.2, 0) is 21.2 Å². The van der Waals surface area contributed by atoms with Gasteiger partial charge < -0.3 is 0 Å². The third-order valence-electron chi connectivity index (χ3n) is 4.27. The molecule has 24 heavy (non-hydrogen) atoms. The molecule has 1 fully saturated rings. The zero-order chi connectivity index (χ0) is 17.3. The molecule has 0 N–H and O–H groups in total. The average Bonchev–Trinajstić information content (AvgIpc) is 3.41. The van der Waals surface area contributed by atoms with Crippen LogP contribution in [0.3, 0.4) is 0 Å². The molecule has 0 heterocycles. The Morgan fingerprint density at radius 3 is 2.12 bits per heavy atom. The molecule has 2 aromatic carbocycles. The molecule has 0 bridgehead atoms. The summed E-state index contributed by atoms with van der Waals surface area (Å²) in [7, 11) is -3.91. The van der Waals surface area contributed by atoms with Gasteiger partial charge in [0.2, 0.25) is 5.91 Å². The molecule has 5 heteroatoms. The van der Waals surface area contributed by atoms with Gasteiger partial charge in [-0.3, -0.25) is 4.79 Å². The first-order valence-electron chi connectivity index (χ1n) is 8.18. The Bertz CT molecular complexity index is 835. The van der Waals surface area contributed by atoms with Gasteiger partial charge in [0, 0.05) is 5.92 Å². The molecule has 0 saturated heterocycles. The number of benzene rings is 2. The van der Waals surface area contributed by atoms with Crippen LogP contribution in [0.5, 0.6) is 0 Å². The van der Waals surface area contributed by atoms with E-state index in [0.29, 0.717) is 5.69 Å².